The van der Waals surface area contributed by atoms with Crippen LogP contribution < -0.4 is 5.32 Å². The minimum atomic E-state index is 0.862. The molecule has 4 rings (SSSR count). The molecule has 0 amide bonds. The molecule has 17 heavy (non-hydrogen) atoms. The van der Waals surface area contributed by atoms with Crippen LogP contribution in [-0.2, 0) is 0 Å². The Kier molecular flexibility index (Phi) is 2.67. The zero-order valence-electron chi connectivity index (χ0n) is 10.8. The molecular formula is C14H25N3. The lowest BCUT2D eigenvalue weighted by atomic mass is 9.88. The van der Waals surface area contributed by atoms with Crippen molar-refractivity contribution in [3.8, 4) is 0 Å². The Morgan fingerprint density at radius 1 is 0.941 bits per heavy atom. The zero-order chi connectivity index (χ0) is 11.2. The van der Waals surface area contributed by atoms with Gasteiger partial charge in [0, 0.05) is 50.8 Å². The summed E-state index contributed by atoms with van der Waals surface area (Å²) in [6.45, 7) is 6.68. The summed E-state index contributed by atoms with van der Waals surface area (Å²) in [4.78, 5) is 5.45. The maximum absolute atomic E-state index is 3.77. The highest BCUT2D eigenvalue weighted by molar-refractivity contribution is 4.98. The van der Waals surface area contributed by atoms with Crippen LogP contribution in [0.4, 0.5) is 0 Å². The van der Waals surface area contributed by atoms with Crippen LogP contribution in [0.25, 0.3) is 0 Å². The molecule has 1 aliphatic carbocycles. The largest absolute Gasteiger partial charge is 0.311 e. The lowest BCUT2D eigenvalue weighted by molar-refractivity contribution is 0.108. The average Bonchev–Trinajstić information content (AvgIpc) is 3.00. The molecule has 3 heterocycles. The highest BCUT2D eigenvalue weighted by atomic mass is 15.3. The molecule has 1 N–H and O–H groups in total. The third-order valence-corrected chi connectivity index (χ3v) is 5.40. The number of hydrogen-bond donors (Lipinski definition) is 1. The summed E-state index contributed by atoms with van der Waals surface area (Å²) in [5.41, 5.74) is 0. The molecule has 0 spiro atoms. The van der Waals surface area contributed by atoms with E-state index in [0.717, 1.165) is 24.0 Å². The first kappa shape index (κ1) is 10.8. The molecule has 3 aliphatic heterocycles. The molecule has 3 nitrogen and oxygen atoms in total. The Hall–Kier alpha value is -0.120. The van der Waals surface area contributed by atoms with Crippen LogP contribution in [0.5, 0.6) is 0 Å². The molecule has 0 aromatic heterocycles. The van der Waals surface area contributed by atoms with Crippen molar-refractivity contribution in [1.82, 2.24) is 15.1 Å². The molecule has 3 atom stereocenters. The molecule has 1 saturated carbocycles. The number of nitrogens with zero attached hydrogens (tertiary/aromatic N) is 2. The predicted octanol–water partition coefficient (Wildman–Crippen LogP) is 0.907. The quantitative estimate of drug-likeness (QED) is 0.784. The van der Waals surface area contributed by atoms with E-state index >= 15 is 0 Å². The van der Waals surface area contributed by atoms with Gasteiger partial charge in [-0.05, 0) is 38.0 Å². The van der Waals surface area contributed by atoms with Gasteiger partial charge in [-0.15, -0.1) is 0 Å². The normalized spacial score (nSPS) is 43.4. The molecule has 3 heteroatoms. The van der Waals surface area contributed by atoms with Gasteiger partial charge in [0.15, 0.2) is 0 Å². The minimum absolute atomic E-state index is 0.862. The van der Waals surface area contributed by atoms with Gasteiger partial charge in [-0.3, -0.25) is 4.90 Å². The molecule has 2 bridgehead atoms. The van der Waals surface area contributed by atoms with E-state index in [-0.39, 0.29) is 0 Å². The van der Waals surface area contributed by atoms with Crippen molar-refractivity contribution in [3.63, 3.8) is 0 Å². The van der Waals surface area contributed by atoms with Gasteiger partial charge < -0.3 is 10.2 Å². The second kappa shape index (κ2) is 4.22. The SMILES string of the molecule is C1CC2NC1CC2CN1CCN(C2CC2)CC1. The summed E-state index contributed by atoms with van der Waals surface area (Å²) in [6.07, 6.45) is 7.27. The Morgan fingerprint density at radius 2 is 1.76 bits per heavy atom. The minimum Gasteiger partial charge on any atom is -0.311 e. The van der Waals surface area contributed by atoms with E-state index in [1.54, 1.807) is 0 Å². The summed E-state index contributed by atoms with van der Waals surface area (Å²) in [6, 6.07) is 2.71. The van der Waals surface area contributed by atoms with Crippen LogP contribution in [0, 0.1) is 5.92 Å². The van der Waals surface area contributed by atoms with Crippen molar-refractivity contribution >= 4 is 0 Å². The van der Waals surface area contributed by atoms with E-state index in [9.17, 15) is 0 Å². The van der Waals surface area contributed by atoms with Gasteiger partial charge in [0.1, 0.15) is 0 Å². The van der Waals surface area contributed by atoms with Gasteiger partial charge >= 0.3 is 0 Å². The highest BCUT2D eigenvalue weighted by Gasteiger charge is 2.40. The summed E-state index contributed by atoms with van der Waals surface area (Å²) in [5, 5.41) is 3.77. The van der Waals surface area contributed by atoms with Gasteiger partial charge in [0.05, 0.1) is 0 Å². The molecule has 3 saturated heterocycles. The number of rotatable bonds is 3. The molecule has 96 valence electrons. The maximum atomic E-state index is 3.77. The van der Waals surface area contributed by atoms with Crippen LogP contribution in [0.15, 0.2) is 0 Å². The second-order valence-corrected chi connectivity index (χ2v) is 6.61. The van der Waals surface area contributed by atoms with Crippen LogP contribution in [-0.4, -0.2) is 60.6 Å². The van der Waals surface area contributed by atoms with Crippen LogP contribution in [0.3, 0.4) is 0 Å². The summed E-state index contributed by atoms with van der Waals surface area (Å²) in [5.74, 6) is 0.959. The fraction of sp³-hybridized carbons (Fsp3) is 1.00. The Morgan fingerprint density at radius 3 is 2.35 bits per heavy atom. The summed E-state index contributed by atoms with van der Waals surface area (Å²) >= 11 is 0. The van der Waals surface area contributed by atoms with Gasteiger partial charge in [0.25, 0.3) is 0 Å². The van der Waals surface area contributed by atoms with Crippen molar-refractivity contribution in [2.45, 2.75) is 50.2 Å². The maximum Gasteiger partial charge on any atom is 0.0113 e. The highest BCUT2D eigenvalue weighted by Crippen LogP contribution is 2.34. The monoisotopic (exact) mass is 235 g/mol. The van der Waals surface area contributed by atoms with E-state index in [4.69, 9.17) is 0 Å². The lowest BCUT2D eigenvalue weighted by Crippen LogP contribution is -2.49. The standard InChI is InChI=1S/C14H25N3/c1-4-14-11(9-12(1)15-14)10-16-5-7-17(8-6-16)13-2-3-13/h11-15H,1-10H2. The number of nitrogens with one attached hydrogen (secondary N) is 1. The van der Waals surface area contributed by atoms with Crippen LogP contribution in [0.1, 0.15) is 32.1 Å². The Labute approximate surface area is 105 Å². The van der Waals surface area contributed by atoms with Crippen molar-refractivity contribution < 1.29 is 0 Å². The van der Waals surface area contributed by atoms with Gasteiger partial charge in [-0.2, -0.15) is 0 Å². The summed E-state index contributed by atoms with van der Waals surface area (Å²) in [7, 11) is 0. The molecular weight excluding hydrogens is 210 g/mol. The van der Waals surface area contributed by atoms with Crippen molar-refractivity contribution in [2.24, 2.45) is 5.92 Å². The lowest BCUT2D eigenvalue weighted by Gasteiger charge is -2.37. The summed E-state index contributed by atoms with van der Waals surface area (Å²) < 4.78 is 0. The van der Waals surface area contributed by atoms with Gasteiger partial charge in [-0.25, -0.2) is 0 Å². The third kappa shape index (κ3) is 2.13. The number of fused-ring (bicyclic) bond motifs is 2. The van der Waals surface area contributed by atoms with Crippen molar-refractivity contribution in [1.29, 1.82) is 0 Å². The first-order valence-electron chi connectivity index (χ1n) is 7.61. The van der Waals surface area contributed by atoms with Crippen molar-refractivity contribution in [3.05, 3.63) is 0 Å². The third-order valence-electron chi connectivity index (χ3n) is 5.40. The zero-order valence-corrected chi connectivity index (χ0v) is 10.8. The van der Waals surface area contributed by atoms with Crippen molar-refractivity contribution in [2.75, 3.05) is 32.7 Å². The van der Waals surface area contributed by atoms with E-state index < -0.39 is 0 Å². The Bertz CT molecular complexity index is 281. The molecule has 0 aromatic carbocycles. The van der Waals surface area contributed by atoms with Gasteiger partial charge in [-0.1, -0.05) is 0 Å². The topological polar surface area (TPSA) is 18.5 Å². The van der Waals surface area contributed by atoms with Crippen LogP contribution in [0.2, 0.25) is 0 Å². The fourth-order valence-corrected chi connectivity index (χ4v) is 4.22. The average molecular weight is 235 g/mol. The van der Waals surface area contributed by atoms with E-state index in [1.807, 2.05) is 0 Å². The molecule has 0 aromatic rings. The molecule has 4 aliphatic rings. The molecule has 0 radical (unpaired) electrons. The van der Waals surface area contributed by atoms with Crippen LogP contribution >= 0.6 is 0 Å². The number of hydrogen-bond acceptors (Lipinski definition) is 3. The van der Waals surface area contributed by atoms with E-state index in [1.165, 1.54) is 64.8 Å². The van der Waals surface area contributed by atoms with E-state index in [0.29, 0.717) is 0 Å². The first-order valence-corrected chi connectivity index (χ1v) is 7.61. The molecule has 4 fully saturated rings. The van der Waals surface area contributed by atoms with Gasteiger partial charge in [0.2, 0.25) is 0 Å². The number of piperazine rings is 1. The Balaban J connectivity index is 1.27. The smallest absolute Gasteiger partial charge is 0.0113 e. The predicted molar refractivity (Wildman–Crippen MR) is 69.1 cm³/mol. The molecule has 3 unspecified atom stereocenters. The second-order valence-electron chi connectivity index (χ2n) is 6.61. The fourth-order valence-electron chi connectivity index (χ4n) is 4.22. The first-order chi connectivity index (χ1) is 8.38. The van der Waals surface area contributed by atoms with E-state index in [2.05, 4.69) is 15.1 Å².